The van der Waals surface area contributed by atoms with Crippen LogP contribution in [0.4, 0.5) is 23.7 Å². The molecule has 0 spiro atoms. The van der Waals surface area contributed by atoms with E-state index >= 15 is 0 Å². The molecule has 14 heteroatoms. The normalized spacial score (nSPS) is 11.8. The molecule has 2 rings (SSSR count). The number of anilines is 1. The summed E-state index contributed by atoms with van der Waals surface area (Å²) < 4.78 is 76.5. The van der Waals surface area contributed by atoms with E-state index < -0.39 is 61.3 Å². The molecule has 2 aromatic rings. The standard InChI is InChI=1S/C22H23BrF3NO7S2/c1-4-33-21(30)27(8-9-35-5-2)17-12-14(11-15(20(28)29)19(17)36(3,31)32)34-18-7-6-13(23)10-16(18)22(24,25)26/h6-7,10-12H,4-5,8-9H2,1-3H3,(H,28,29)/p-1. The van der Waals surface area contributed by atoms with E-state index in [-0.39, 0.29) is 17.6 Å². The summed E-state index contributed by atoms with van der Waals surface area (Å²) in [5, 5.41) is 11.9. The summed E-state index contributed by atoms with van der Waals surface area (Å²) in [5.41, 5.74) is -2.47. The van der Waals surface area contributed by atoms with Crippen LogP contribution in [0.25, 0.3) is 0 Å². The number of nitrogens with zero attached hydrogens (tertiary/aromatic N) is 1. The number of carboxylic acids is 1. The zero-order valence-corrected chi connectivity index (χ0v) is 22.6. The lowest BCUT2D eigenvalue weighted by atomic mass is 10.1. The predicted octanol–water partition coefficient (Wildman–Crippen LogP) is 4.74. The van der Waals surface area contributed by atoms with Gasteiger partial charge in [0.25, 0.3) is 0 Å². The van der Waals surface area contributed by atoms with Crippen molar-refractivity contribution in [2.24, 2.45) is 0 Å². The maximum absolute atomic E-state index is 13.6. The van der Waals surface area contributed by atoms with Crippen molar-refractivity contribution in [2.75, 3.05) is 35.8 Å². The van der Waals surface area contributed by atoms with Gasteiger partial charge in [0.2, 0.25) is 0 Å². The Morgan fingerprint density at radius 2 is 1.83 bits per heavy atom. The summed E-state index contributed by atoms with van der Waals surface area (Å²) in [7, 11) is -4.28. The number of sulfone groups is 1. The van der Waals surface area contributed by atoms with Gasteiger partial charge < -0.3 is 19.4 Å². The first-order valence-electron chi connectivity index (χ1n) is 10.4. The highest BCUT2D eigenvalue weighted by molar-refractivity contribution is 9.10. The van der Waals surface area contributed by atoms with Crippen LogP contribution < -0.4 is 14.7 Å². The molecule has 0 bridgehead atoms. The van der Waals surface area contributed by atoms with Gasteiger partial charge in [0.1, 0.15) is 11.5 Å². The van der Waals surface area contributed by atoms with Crippen molar-refractivity contribution in [1.29, 1.82) is 0 Å². The number of hydrogen-bond donors (Lipinski definition) is 0. The molecule has 8 nitrogen and oxygen atoms in total. The Kier molecular flexibility index (Phi) is 10.1. The third-order valence-electron chi connectivity index (χ3n) is 4.55. The summed E-state index contributed by atoms with van der Waals surface area (Å²) in [6.07, 6.45) is -5.06. The van der Waals surface area contributed by atoms with Gasteiger partial charge in [-0.25, -0.2) is 13.2 Å². The molecular weight excluding hydrogens is 591 g/mol. The van der Waals surface area contributed by atoms with Crippen molar-refractivity contribution in [3.8, 4) is 11.5 Å². The fourth-order valence-electron chi connectivity index (χ4n) is 3.14. The number of amides is 1. The Morgan fingerprint density at radius 3 is 2.36 bits per heavy atom. The lowest BCUT2D eigenvalue weighted by Crippen LogP contribution is -2.36. The molecular formula is C22H22BrF3NO7S2-. The number of ether oxygens (including phenoxy) is 2. The van der Waals surface area contributed by atoms with Crippen LogP contribution in [0.1, 0.15) is 29.8 Å². The third kappa shape index (κ3) is 7.53. The molecule has 0 saturated carbocycles. The Balaban J connectivity index is 2.81. The summed E-state index contributed by atoms with van der Waals surface area (Å²) in [6, 6.07) is 4.79. The lowest BCUT2D eigenvalue weighted by Gasteiger charge is -2.26. The van der Waals surface area contributed by atoms with Crippen molar-refractivity contribution in [3.63, 3.8) is 0 Å². The second-order valence-corrected chi connectivity index (χ2v) is 11.4. The fourth-order valence-corrected chi connectivity index (χ4v) is 5.19. The average molecular weight is 613 g/mol. The van der Waals surface area contributed by atoms with Gasteiger partial charge >= 0.3 is 12.3 Å². The van der Waals surface area contributed by atoms with E-state index in [0.29, 0.717) is 11.5 Å². The Hall–Kier alpha value is -2.45. The predicted molar refractivity (Wildman–Crippen MR) is 130 cm³/mol. The zero-order chi connectivity index (χ0) is 27.3. The van der Waals surface area contributed by atoms with Gasteiger partial charge in [0, 0.05) is 34.7 Å². The lowest BCUT2D eigenvalue weighted by molar-refractivity contribution is -0.255. The van der Waals surface area contributed by atoms with E-state index in [4.69, 9.17) is 9.47 Å². The first kappa shape index (κ1) is 29.8. The van der Waals surface area contributed by atoms with Crippen LogP contribution in [0.15, 0.2) is 39.7 Å². The van der Waals surface area contributed by atoms with Gasteiger partial charge in [-0.2, -0.15) is 24.9 Å². The number of carbonyl (C=O) groups excluding carboxylic acids is 2. The van der Waals surface area contributed by atoms with Crippen molar-refractivity contribution in [1.82, 2.24) is 0 Å². The van der Waals surface area contributed by atoms with E-state index in [0.717, 1.165) is 35.4 Å². The van der Waals surface area contributed by atoms with Crippen LogP contribution in [0.3, 0.4) is 0 Å². The molecule has 0 saturated heterocycles. The van der Waals surface area contributed by atoms with Crippen LogP contribution >= 0.6 is 27.7 Å². The Bertz CT molecular complexity index is 1240. The number of hydrogen-bond acceptors (Lipinski definition) is 8. The van der Waals surface area contributed by atoms with Gasteiger partial charge in [-0.15, -0.1) is 0 Å². The molecule has 0 atom stereocenters. The maximum atomic E-state index is 13.6. The van der Waals surface area contributed by atoms with Gasteiger partial charge in [-0.3, -0.25) is 4.90 Å². The molecule has 0 fully saturated rings. The second kappa shape index (κ2) is 12.2. The van der Waals surface area contributed by atoms with Crippen molar-refractivity contribution >= 4 is 55.3 Å². The number of halogens is 4. The summed E-state index contributed by atoms with van der Waals surface area (Å²) >= 11 is 4.37. The highest BCUT2D eigenvalue weighted by atomic mass is 79.9. The largest absolute Gasteiger partial charge is 0.545 e. The van der Waals surface area contributed by atoms with E-state index in [1.165, 1.54) is 24.8 Å². The first-order valence-corrected chi connectivity index (χ1v) is 14.2. The van der Waals surface area contributed by atoms with E-state index in [1.54, 1.807) is 0 Å². The van der Waals surface area contributed by atoms with Gasteiger partial charge in [0.15, 0.2) is 9.84 Å². The summed E-state index contributed by atoms with van der Waals surface area (Å²) in [5.74, 6) is -2.05. The number of carbonyl (C=O) groups is 2. The molecule has 0 radical (unpaired) electrons. The quantitative estimate of drug-likeness (QED) is 0.353. The van der Waals surface area contributed by atoms with Crippen LogP contribution in [-0.2, 0) is 20.8 Å². The number of alkyl halides is 3. The molecule has 0 N–H and O–H groups in total. The van der Waals surface area contributed by atoms with Crippen molar-refractivity contribution in [2.45, 2.75) is 24.9 Å². The van der Waals surface area contributed by atoms with Crippen LogP contribution in [0.5, 0.6) is 11.5 Å². The van der Waals surface area contributed by atoms with E-state index in [2.05, 4.69) is 15.9 Å². The molecule has 2 aromatic carbocycles. The number of rotatable bonds is 10. The molecule has 0 aliphatic rings. The van der Waals surface area contributed by atoms with Crippen LogP contribution in [0, 0.1) is 0 Å². The zero-order valence-electron chi connectivity index (χ0n) is 19.3. The molecule has 0 aliphatic heterocycles. The number of benzene rings is 2. The average Bonchev–Trinajstić information content (AvgIpc) is 2.76. The number of thioether (sulfide) groups is 1. The van der Waals surface area contributed by atoms with Crippen LogP contribution in [-0.4, -0.2) is 51.4 Å². The van der Waals surface area contributed by atoms with E-state index in [9.17, 15) is 36.3 Å². The van der Waals surface area contributed by atoms with E-state index in [1.807, 2.05) is 6.92 Å². The fraction of sp³-hybridized carbons (Fsp3) is 0.364. The molecule has 0 heterocycles. The molecule has 0 unspecified atom stereocenters. The monoisotopic (exact) mass is 612 g/mol. The molecule has 1 amide bonds. The SMILES string of the molecule is CCOC(=O)N(CCSCC)c1cc(Oc2ccc(Br)cc2C(F)(F)F)cc(C(=O)[O-])c1S(C)(=O)=O. The van der Waals surface area contributed by atoms with Gasteiger partial charge in [0.05, 0.1) is 28.7 Å². The first-order chi connectivity index (χ1) is 16.7. The Labute approximate surface area is 218 Å². The third-order valence-corrected chi connectivity index (χ3v) is 7.09. The highest BCUT2D eigenvalue weighted by Crippen LogP contribution is 2.41. The number of carboxylic acid groups (broad SMARTS) is 1. The smallest absolute Gasteiger partial charge is 0.420 e. The topological polar surface area (TPSA) is 113 Å². The molecule has 0 aromatic heterocycles. The van der Waals surface area contributed by atoms with Crippen LogP contribution in [0.2, 0.25) is 0 Å². The second-order valence-electron chi connectivity index (χ2n) is 7.17. The molecule has 0 aliphatic carbocycles. The summed E-state index contributed by atoms with van der Waals surface area (Å²) in [6.45, 7) is 3.23. The minimum atomic E-state index is -4.82. The minimum absolute atomic E-state index is 0.0676. The highest BCUT2D eigenvalue weighted by Gasteiger charge is 2.35. The maximum Gasteiger partial charge on any atom is 0.420 e. The minimum Gasteiger partial charge on any atom is -0.545 e. The number of aromatic carboxylic acids is 1. The van der Waals surface area contributed by atoms with Crippen molar-refractivity contribution in [3.05, 3.63) is 45.9 Å². The Morgan fingerprint density at radius 1 is 1.17 bits per heavy atom. The summed E-state index contributed by atoms with van der Waals surface area (Å²) in [4.78, 5) is 24.8. The molecule has 198 valence electrons. The van der Waals surface area contributed by atoms with Crippen molar-refractivity contribution < 1.29 is 45.8 Å². The van der Waals surface area contributed by atoms with Gasteiger partial charge in [-0.1, -0.05) is 22.9 Å². The molecule has 36 heavy (non-hydrogen) atoms. The van der Waals surface area contributed by atoms with Gasteiger partial charge in [-0.05, 0) is 36.9 Å².